The summed E-state index contributed by atoms with van der Waals surface area (Å²) in [5.41, 5.74) is 2.59. The van der Waals surface area contributed by atoms with E-state index in [4.69, 9.17) is 0 Å². The second-order valence-electron chi connectivity index (χ2n) is 4.26. The van der Waals surface area contributed by atoms with E-state index >= 15 is 0 Å². The van der Waals surface area contributed by atoms with E-state index in [1.807, 2.05) is 43.3 Å². The summed E-state index contributed by atoms with van der Waals surface area (Å²) in [5, 5.41) is 6.04. The number of hydrogen-bond donors (Lipinski definition) is 2. The zero-order chi connectivity index (χ0) is 14.4. The molecule has 0 saturated carbocycles. The maximum Gasteiger partial charge on any atom is 0.251 e. The molecule has 0 saturated heterocycles. The van der Waals surface area contributed by atoms with E-state index in [2.05, 4.69) is 31.5 Å². The van der Waals surface area contributed by atoms with Crippen molar-refractivity contribution in [2.75, 3.05) is 11.9 Å². The van der Waals surface area contributed by atoms with Crippen molar-refractivity contribution in [3.8, 4) is 0 Å². The van der Waals surface area contributed by atoms with Crippen molar-refractivity contribution in [1.29, 1.82) is 0 Å². The monoisotopic (exact) mass is 333 g/mol. The lowest BCUT2D eigenvalue weighted by molar-refractivity contribution is 0.0956. The number of nitrogens with one attached hydrogen (secondary N) is 2. The van der Waals surface area contributed by atoms with Gasteiger partial charge in [-0.1, -0.05) is 0 Å². The number of amides is 1. The Morgan fingerprint density at radius 3 is 2.55 bits per heavy atom. The van der Waals surface area contributed by atoms with Crippen molar-refractivity contribution in [3.63, 3.8) is 0 Å². The first-order valence-electron chi connectivity index (χ1n) is 6.41. The molecular formula is C15H16BrN3O. The third kappa shape index (κ3) is 4.06. The molecule has 0 aliphatic carbocycles. The van der Waals surface area contributed by atoms with Gasteiger partial charge in [0.1, 0.15) is 0 Å². The number of nitrogens with zero attached hydrogens (tertiary/aromatic N) is 1. The van der Waals surface area contributed by atoms with Crippen molar-refractivity contribution in [2.24, 2.45) is 0 Å². The Morgan fingerprint density at radius 2 is 1.95 bits per heavy atom. The summed E-state index contributed by atoms with van der Waals surface area (Å²) in [7, 11) is 0. The molecule has 0 aliphatic heterocycles. The van der Waals surface area contributed by atoms with Crippen molar-refractivity contribution in [3.05, 3.63) is 58.3 Å². The lowest BCUT2D eigenvalue weighted by Crippen LogP contribution is -2.22. The van der Waals surface area contributed by atoms with Crippen LogP contribution in [0.3, 0.4) is 0 Å². The molecule has 4 nitrogen and oxygen atoms in total. The van der Waals surface area contributed by atoms with Gasteiger partial charge >= 0.3 is 0 Å². The summed E-state index contributed by atoms with van der Waals surface area (Å²) in [6, 6.07) is 11.3. The first-order valence-corrected chi connectivity index (χ1v) is 7.21. The van der Waals surface area contributed by atoms with E-state index < -0.39 is 0 Å². The van der Waals surface area contributed by atoms with E-state index in [-0.39, 0.29) is 5.91 Å². The Kier molecular flexibility index (Phi) is 5.12. The summed E-state index contributed by atoms with van der Waals surface area (Å²) >= 11 is 3.35. The lowest BCUT2D eigenvalue weighted by atomic mass is 10.2. The molecule has 20 heavy (non-hydrogen) atoms. The van der Waals surface area contributed by atoms with Crippen molar-refractivity contribution in [2.45, 2.75) is 13.5 Å². The lowest BCUT2D eigenvalue weighted by Gasteiger charge is -2.07. The SMILES string of the molecule is CCNC(=O)c1ccc(NCc2ccc(Br)cn2)cc1. The number of rotatable bonds is 5. The molecule has 0 atom stereocenters. The van der Waals surface area contributed by atoms with Crippen LogP contribution in [-0.4, -0.2) is 17.4 Å². The van der Waals surface area contributed by atoms with E-state index in [1.54, 1.807) is 6.20 Å². The Labute approximate surface area is 126 Å². The normalized spacial score (nSPS) is 10.1. The number of carbonyl (C=O) groups is 1. The third-order valence-corrected chi connectivity index (χ3v) is 3.22. The van der Waals surface area contributed by atoms with Crippen LogP contribution in [0.4, 0.5) is 5.69 Å². The standard InChI is InChI=1S/C15H16BrN3O/c1-2-17-15(20)11-3-6-13(7-4-11)19-10-14-8-5-12(16)9-18-14/h3-9,19H,2,10H2,1H3,(H,17,20). The average molecular weight is 334 g/mol. The Bertz CT molecular complexity index is 567. The van der Waals surface area contributed by atoms with Crippen LogP contribution in [0.25, 0.3) is 0 Å². The summed E-state index contributed by atoms with van der Waals surface area (Å²) in [4.78, 5) is 15.9. The minimum absolute atomic E-state index is 0.0476. The smallest absolute Gasteiger partial charge is 0.251 e. The van der Waals surface area contributed by atoms with Crippen LogP contribution in [0.2, 0.25) is 0 Å². The zero-order valence-electron chi connectivity index (χ0n) is 11.2. The molecule has 0 bridgehead atoms. The number of benzene rings is 1. The van der Waals surface area contributed by atoms with Crippen molar-refractivity contribution < 1.29 is 4.79 Å². The minimum atomic E-state index is -0.0476. The number of anilines is 1. The van der Waals surface area contributed by atoms with Gasteiger partial charge < -0.3 is 10.6 Å². The van der Waals surface area contributed by atoms with Crippen LogP contribution in [0.5, 0.6) is 0 Å². The molecule has 2 rings (SSSR count). The first-order chi connectivity index (χ1) is 9.69. The zero-order valence-corrected chi connectivity index (χ0v) is 12.8. The van der Waals surface area contributed by atoms with Gasteiger partial charge in [0.25, 0.3) is 5.91 Å². The summed E-state index contributed by atoms with van der Waals surface area (Å²) in [6.45, 7) is 3.18. The van der Waals surface area contributed by atoms with E-state index in [9.17, 15) is 4.79 Å². The molecule has 5 heteroatoms. The molecule has 104 valence electrons. The fourth-order valence-electron chi connectivity index (χ4n) is 1.71. The number of halogens is 1. The van der Waals surface area contributed by atoms with E-state index in [1.165, 1.54) is 0 Å². The van der Waals surface area contributed by atoms with Gasteiger partial charge in [-0.05, 0) is 59.3 Å². The van der Waals surface area contributed by atoms with Crippen molar-refractivity contribution in [1.82, 2.24) is 10.3 Å². The Morgan fingerprint density at radius 1 is 1.20 bits per heavy atom. The van der Waals surface area contributed by atoms with Crippen LogP contribution >= 0.6 is 15.9 Å². The Hall–Kier alpha value is -1.88. The van der Waals surface area contributed by atoms with Crippen LogP contribution in [0, 0.1) is 0 Å². The number of aromatic nitrogens is 1. The fourth-order valence-corrected chi connectivity index (χ4v) is 1.94. The molecule has 1 heterocycles. The van der Waals surface area contributed by atoms with Gasteiger partial charge in [-0.2, -0.15) is 0 Å². The van der Waals surface area contributed by atoms with Crippen LogP contribution in [-0.2, 0) is 6.54 Å². The maximum absolute atomic E-state index is 11.6. The number of hydrogen-bond acceptors (Lipinski definition) is 3. The fraction of sp³-hybridized carbons (Fsp3) is 0.200. The molecule has 0 radical (unpaired) electrons. The molecule has 2 N–H and O–H groups in total. The third-order valence-electron chi connectivity index (χ3n) is 2.75. The van der Waals surface area contributed by atoms with E-state index in [0.29, 0.717) is 18.7 Å². The van der Waals surface area contributed by atoms with Gasteiger partial charge in [0.05, 0.1) is 12.2 Å². The predicted octanol–water partition coefficient (Wildman–Crippen LogP) is 3.21. The molecule has 2 aromatic rings. The largest absolute Gasteiger partial charge is 0.379 e. The first kappa shape index (κ1) is 14.5. The van der Waals surface area contributed by atoms with Crippen molar-refractivity contribution >= 4 is 27.5 Å². The molecule has 0 aliphatic rings. The number of carbonyl (C=O) groups excluding carboxylic acids is 1. The van der Waals surface area contributed by atoms with Gasteiger partial charge in [-0.3, -0.25) is 9.78 Å². The summed E-state index contributed by atoms with van der Waals surface area (Å²) < 4.78 is 0.965. The second kappa shape index (κ2) is 7.05. The van der Waals surface area contributed by atoms with Gasteiger partial charge in [-0.15, -0.1) is 0 Å². The van der Waals surface area contributed by atoms with Crippen LogP contribution in [0.1, 0.15) is 23.0 Å². The second-order valence-corrected chi connectivity index (χ2v) is 5.17. The topological polar surface area (TPSA) is 54.0 Å². The highest BCUT2D eigenvalue weighted by Crippen LogP contribution is 2.12. The molecule has 0 fully saturated rings. The number of pyridine rings is 1. The summed E-state index contributed by atoms with van der Waals surface area (Å²) in [5.74, 6) is -0.0476. The molecule has 1 aromatic heterocycles. The molecule has 1 aromatic carbocycles. The van der Waals surface area contributed by atoms with Gasteiger partial charge in [0.2, 0.25) is 0 Å². The predicted molar refractivity (Wildman–Crippen MR) is 83.7 cm³/mol. The molecule has 1 amide bonds. The molecular weight excluding hydrogens is 318 g/mol. The highest BCUT2D eigenvalue weighted by molar-refractivity contribution is 9.10. The Balaban J connectivity index is 1.93. The quantitative estimate of drug-likeness (QED) is 0.883. The van der Waals surface area contributed by atoms with E-state index in [0.717, 1.165) is 15.9 Å². The maximum atomic E-state index is 11.6. The highest BCUT2D eigenvalue weighted by atomic mass is 79.9. The van der Waals surface area contributed by atoms with Gasteiger partial charge in [0, 0.05) is 28.5 Å². The van der Waals surface area contributed by atoms with Gasteiger partial charge in [-0.25, -0.2) is 0 Å². The van der Waals surface area contributed by atoms with Crippen LogP contribution < -0.4 is 10.6 Å². The molecule has 0 spiro atoms. The highest BCUT2D eigenvalue weighted by Gasteiger charge is 2.03. The molecule has 0 unspecified atom stereocenters. The average Bonchev–Trinajstić information content (AvgIpc) is 2.47. The van der Waals surface area contributed by atoms with Crippen LogP contribution in [0.15, 0.2) is 47.1 Å². The minimum Gasteiger partial charge on any atom is -0.379 e. The summed E-state index contributed by atoms with van der Waals surface area (Å²) in [6.07, 6.45) is 1.77. The van der Waals surface area contributed by atoms with Gasteiger partial charge in [0.15, 0.2) is 0 Å².